The van der Waals surface area contributed by atoms with Crippen molar-refractivity contribution in [1.29, 1.82) is 0 Å². The molecule has 1 N–H and O–H groups in total. The molecule has 6 nitrogen and oxygen atoms in total. The van der Waals surface area contributed by atoms with Crippen molar-refractivity contribution < 1.29 is 23.8 Å². The Bertz CT molecular complexity index is 761. The average Bonchev–Trinajstić information content (AvgIpc) is 2.65. The zero-order valence-electron chi connectivity index (χ0n) is 14.6. The van der Waals surface area contributed by atoms with Gasteiger partial charge in [0.1, 0.15) is 11.5 Å². The number of hydrogen-bond acceptors (Lipinski definition) is 5. The van der Waals surface area contributed by atoms with Gasteiger partial charge >= 0.3 is 5.97 Å². The van der Waals surface area contributed by atoms with Gasteiger partial charge in [-0.1, -0.05) is 29.8 Å². The predicted octanol–water partition coefficient (Wildman–Crippen LogP) is 2.90. The number of halogens is 1. The van der Waals surface area contributed by atoms with E-state index in [1.165, 1.54) is 0 Å². The van der Waals surface area contributed by atoms with Crippen LogP contribution in [0.5, 0.6) is 11.5 Å². The van der Waals surface area contributed by atoms with E-state index in [4.69, 9.17) is 25.8 Å². The Balaban J connectivity index is 1.69. The number of ether oxygens (including phenoxy) is 3. The molecule has 0 aliphatic heterocycles. The molecule has 0 atom stereocenters. The maximum Gasteiger partial charge on any atom is 0.344 e. The second-order valence-corrected chi connectivity index (χ2v) is 5.92. The van der Waals surface area contributed by atoms with E-state index in [1.807, 2.05) is 25.1 Å². The summed E-state index contributed by atoms with van der Waals surface area (Å²) < 4.78 is 15.3. The molecule has 0 aliphatic rings. The minimum absolute atomic E-state index is 0.324. The van der Waals surface area contributed by atoms with E-state index in [2.05, 4.69) is 5.32 Å². The molecule has 2 rings (SSSR count). The van der Waals surface area contributed by atoms with Crippen LogP contribution < -0.4 is 14.8 Å². The number of rotatable bonds is 8. The Labute approximate surface area is 157 Å². The number of carbonyl (C=O) groups excluding carboxylic acids is 2. The molecule has 138 valence electrons. The monoisotopic (exact) mass is 377 g/mol. The van der Waals surface area contributed by atoms with Crippen LogP contribution in [0.4, 0.5) is 0 Å². The molecule has 2 aromatic carbocycles. The molecule has 0 fully saturated rings. The third-order valence-electron chi connectivity index (χ3n) is 3.45. The quantitative estimate of drug-likeness (QED) is 0.716. The molecule has 0 heterocycles. The van der Waals surface area contributed by atoms with Gasteiger partial charge in [-0.15, -0.1) is 0 Å². The highest BCUT2D eigenvalue weighted by Gasteiger charge is 2.10. The predicted molar refractivity (Wildman–Crippen MR) is 97.5 cm³/mol. The van der Waals surface area contributed by atoms with Gasteiger partial charge in [0.25, 0.3) is 5.91 Å². The molecule has 2 aromatic rings. The third kappa shape index (κ3) is 6.29. The van der Waals surface area contributed by atoms with Crippen molar-refractivity contribution in [3.05, 3.63) is 58.6 Å². The van der Waals surface area contributed by atoms with Crippen LogP contribution in [0.25, 0.3) is 0 Å². The number of amides is 1. The van der Waals surface area contributed by atoms with Gasteiger partial charge in [0, 0.05) is 6.54 Å². The summed E-state index contributed by atoms with van der Waals surface area (Å²) in [5.41, 5.74) is 1.86. The van der Waals surface area contributed by atoms with Gasteiger partial charge in [0.05, 0.1) is 12.1 Å². The first-order chi connectivity index (χ1) is 12.5. The van der Waals surface area contributed by atoms with Crippen molar-refractivity contribution in [2.24, 2.45) is 0 Å². The van der Waals surface area contributed by atoms with Crippen LogP contribution in [0, 0.1) is 6.92 Å². The van der Waals surface area contributed by atoms with Crippen molar-refractivity contribution in [2.45, 2.75) is 13.5 Å². The minimum atomic E-state index is -0.651. The largest absolute Gasteiger partial charge is 0.497 e. The molecule has 7 heteroatoms. The maximum absolute atomic E-state index is 11.7. The van der Waals surface area contributed by atoms with Crippen LogP contribution in [-0.4, -0.2) is 32.2 Å². The van der Waals surface area contributed by atoms with Gasteiger partial charge in [-0.05, 0) is 42.3 Å². The Hall–Kier alpha value is -2.73. The summed E-state index contributed by atoms with van der Waals surface area (Å²) in [4.78, 5) is 23.4. The van der Waals surface area contributed by atoms with Crippen molar-refractivity contribution in [3.63, 3.8) is 0 Å². The minimum Gasteiger partial charge on any atom is -0.497 e. The Morgan fingerprint density at radius 3 is 2.50 bits per heavy atom. The molecule has 0 unspecified atom stereocenters. The van der Waals surface area contributed by atoms with Gasteiger partial charge in [-0.25, -0.2) is 4.79 Å². The van der Waals surface area contributed by atoms with Crippen molar-refractivity contribution in [1.82, 2.24) is 5.32 Å². The Morgan fingerprint density at radius 2 is 1.81 bits per heavy atom. The van der Waals surface area contributed by atoms with Gasteiger partial charge in [-0.3, -0.25) is 4.79 Å². The lowest BCUT2D eigenvalue weighted by Gasteiger charge is -2.09. The van der Waals surface area contributed by atoms with Gasteiger partial charge in [0.15, 0.2) is 13.2 Å². The third-order valence-corrected chi connectivity index (χ3v) is 3.76. The van der Waals surface area contributed by atoms with Gasteiger partial charge < -0.3 is 19.5 Å². The molecule has 0 aliphatic carbocycles. The highest BCUT2D eigenvalue weighted by Crippen LogP contribution is 2.25. The summed E-state index contributed by atoms with van der Waals surface area (Å²) in [6, 6.07) is 12.5. The first-order valence-corrected chi connectivity index (χ1v) is 8.30. The van der Waals surface area contributed by atoms with Crippen LogP contribution in [0.3, 0.4) is 0 Å². The van der Waals surface area contributed by atoms with Gasteiger partial charge in [-0.2, -0.15) is 0 Å². The van der Waals surface area contributed by atoms with E-state index in [-0.39, 0.29) is 13.2 Å². The average molecular weight is 378 g/mol. The standard InChI is InChI=1S/C19H20ClNO5/c1-13-3-8-16(20)17(9-13)25-12-19(23)26-11-18(22)21-10-14-4-6-15(24-2)7-5-14/h3-9H,10-12H2,1-2H3,(H,21,22). The number of nitrogens with one attached hydrogen (secondary N) is 1. The molecule has 1 amide bonds. The molecule has 0 saturated heterocycles. The number of methoxy groups -OCH3 is 1. The smallest absolute Gasteiger partial charge is 0.344 e. The van der Waals surface area contributed by atoms with E-state index in [1.54, 1.807) is 31.4 Å². The van der Waals surface area contributed by atoms with Gasteiger partial charge in [0.2, 0.25) is 0 Å². The molecule has 0 saturated carbocycles. The van der Waals surface area contributed by atoms with E-state index in [0.29, 0.717) is 17.3 Å². The lowest BCUT2D eigenvalue weighted by molar-refractivity contribution is -0.150. The van der Waals surface area contributed by atoms with Crippen molar-refractivity contribution in [2.75, 3.05) is 20.3 Å². The van der Waals surface area contributed by atoms with Crippen LogP contribution >= 0.6 is 11.6 Å². The van der Waals surface area contributed by atoms with E-state index < -0.39 is 11.9 Å². The van der Waals surface area contributed by atoms with Crippen LogP contribution in [0.1, 0.15) is 11.1 Å². The summed E-state index contributed by atoms with van der Waals surface area (Å²) in [7, 11) is 1.59. The molecule has 0 bridgehead atoms. The van der Waals surface area contributed by atoms with E-state index >= 15 is 0 Å². The van der Waals surface area contributed by atoms with E-state index in [9.17, 15) is 9.59 Å². The van der Waals surface area contributed by atoms with Crippen molar-refractivity contribution >= 4 is 23.5 Å². The first-order valence-electron chi connectivity index (χ1n) is 7.92. The second kappa shape index (κ2) is 9.68. The molecular formula is C19H20ClNO5. The fourth-order valence-corrected chi connectivity index (χ4v) is 2.21. The Kier molecular flexibility index (Phi) is 7.29. The number of aryl methyl sites for hydroxylation is 1. The van der Waals surface area contributed by atoms with Crippen LogP contribution in [0.15, 0.2) is 42.5 Å². The number of benzene rings is 2. The fraction of sp³-hybridized carbons (Fsp3) is 0.263. The van der Waals surface area contributed by atoms with Crippen molar-refractivity contribution in [3.8, 4) is 11.5 Å². The number of hydrogen-bond donors (Lipinski definition) is 1. The molecular weight excluding hydrogens is 358 g/mol. The molecule has 0 radical (unpaired) electrons. The second-order valence-electron chi connectivity index (χ2n) is 5.51. The first kappa shape index (κ1) is 19.6. The topological polar surface area (TPSA) is 73.9 Å². The summed E-state index contributed by atoms with van der Waals surface area (Å²) in [5, 5.41) is 3.07. The maximum atomic E-state index is 11.7. The van der Waals surface area contributed by atoms with Crippen LogP contribution in [0.2, 0.25) is 5.02 Å². The lowest BCUT2D eigenvalue weighted by atomic mass is 10.2. The summed E-state index contributed by atoms with van der Waals surface area (Å²) >= 11 is 5.98. The highest BCUT2D eigenvalue weighted by atomic mass is 35.5. The number of carbonyl (C=O) groups is 2. The Morgan fingerprint density at radius 1 is 1.08 bits per heavy atom. The summed E-state index contributed by atoms with van der Waals surface area (Å²) in [6.07, 6.45) is 0. The zero-order valence-corrected chi connectivity index (χ0v) is 15.3. The lowest BCUT2D eigenvalue weighted by Crippen LogP contribution is -2.29. The SMILES string of the molecule is COc1ccc(CNC(=O)COC(=O)COc2cc(C)ccc2Cl)cc1. The zero-order chi connectivity index (χ0) is 18.9. The molecule has 26 heavy (non-hydrogen) atoms. The highest BCUT2D eigenvalue weighted by molar-refractivity contribution is 6.32. The normalized spacial score (nSPS) is 10.1. The molecule has 0 aromatic heterocycles. The van der Waals surface area contributed by atoms with E-state index in [0.717, 1.165) is 16.9 Å². The summed E-state index contributed by atoms with van der Waals surface area (Å²) in [5.74, 6) is 0.0835. The fourth-order valence-electron chi connectivity index (χ4n) is 2.04. The molecule has 0 spiro atoms. The summed E-state index contributed by atoms with van der Waals surface area (Å²) in [6.45, 7) is 1.51. The van der Waals surface area contributed by atoms with Crippen LogP contribution in [-0.2, 0) is 20.9 Å². The number of esters is 1.